The maximum atomic E-state index is 12.8. The lowest BCUT2D eigenvalue weighted by Gasteiger charge is -2.09. The molecule has 1 aromatic heterocycles. The van der Waals surface area contributed by atoms with Crippen LogP contribution in [0.5, 0.6) is 11.5 Å². The first-order valence-corrected chi connectivity index (χ1v) is 9.44. The first-order chi connectivity index (χ1) is 14.3. The number of hydrogen-bond donors (Lipinski definition) is 1. The molecule has 0 aliphatic rings. The predicted octanol–water partition coefficient (Wildman–Crippen LogP) is 4.50. The topological polar surface area (TPSA) is 86.5 Å². The number of aromatic nitrogens is 2. The second-order valence-electron chi connectivity index (χ2n) is 5.89. The van der Waals surface area contributed by atoms with Crippen molar-refractivity contribution in [3.8, 4) is 23.0 Å². The average Bonchev–Trinajstić information content (AvgIpc) is 3.20. The van der Waals surface area contributed by atoms with Gasteiger partial charge in [-0.05, 0) is 30.3 Å². The van der Waals surface area contributed by atoms with E-state index in [1.807, 2.05) is 0 Å². The maximum absolute atomic E-state index is 12.8. The molecular weight excluding hydrogens is 423 g/mol. The van der Waals surface area contributed by atoms with Gasteiger partial charge < -0.3 is 19.2 Å². The molecule has 7 nitrogen and oxygen atoms in total. The van der Waals surface area contributed by atoms with Gasteiger partial charge in [0, 0.05) is 17.3 Å². The third kappa shape index (κ3) is 5.44. The molecule has 1 amide bonds. The number of halogens is 3. The number of carbonyl (C=O) groups excluding carboxylic acids is 1. The molecule has 3 aromatic rings. The van der Waals surface area contributed by atoms with E-state index in [1.54, 1.807) is 18.2 Å². The molecule has 0 saturated heterocycles. The number of thioether (sulfide) groups is 1. The molecule has 0 unspecified atom stereocenters. The van der Waals surface area contributed by atoms with Gasteiger partial charge in [0.15, 0.2) is 0 Å². The van der Waals surface area contributed by atoms with Crippen LogP contribution in [0.4, 0.5) is 18.9 Å². The molecule has 0 aliphatic carbocycles. The second-order valence-corrected chi connectivity index (χ2v) is 6.82. The second kappa shape index (κ2) is 9.08. The summed E-state index contributed by atoms with van der Waals surface area (Å²) in [6.07, 6.45) is -4.49. The summed E-state index contributed by atoms with van der Waals surface area (Å²) in [4.78, 5) is 12.1. The van der Waals surface area contributed by atoms with Crippen molar-refractivity contribution in [3.05, 3.63) is 48.0 Å². The van der Waals surface area contributed by atoms with Crippen molar-refractivity contribution in [2.45, 2.75) is 11.4 Å². The lowest BCUT2D eigenvalue weighted by atomic mass is 10.2. The van der Waals surface area contributed by atoms with Crippen LogP contribution in [-0.4, -0.2) is 36.1 Å². The molecule has 30 heavy (non-hydrogen) atoms. The van der Waals surface area contributed by atoms with Crippen molar-refractivity contribution >= 4 is 23.4 Å². The Labute approximate surface area is 173 Å². The molecule has 158 valence electrons. The number of methoxy groups -OCH3 is 2. The number of amides is 1. The van der Waals surface area contributed by atoms with Gasteiger partial charge in [0.2, 0.25) is 11.8 Å². The fourth-order valence-corrected chi connectivity index (χ4v) is 2.98. The SMILES string of the molecule is COc1cc(OC)cc(-c2nnc(SCC(=O)Nc3cccc(C(F)(F)F)c3)o2)c1. The van der Waals surface area contributed by atoms with E-state index in [-0.39, 0.29) is 22.6 Å². The smallest absolute Gasteiger partial charge is 0.416 e. The zero-order valence-corrected chi connectivity index (χ0v) is 16.6. The standard InChI is InChI=1S/C19H16F3N3O4S/c1-27-14-6-11(7-15(9-14)28-2)17-24-25-18(29-17)30-10-16(26)23-13-5-3-4-12(8-13)19(20,21)22/h3-9H,10H2,1-2H3,(H,23,26). The van der Waals surface area contributed by atoms with Gasteiger partial charge >= 0.3 is 6.18 Å². The third-order valence-corrected chi connectivity index (χ3v) is 4.62. The number of nitrogens with one attached hydrogen (secondary N) is 1. The molecule has 11 heteroatoms. The van der Waals surface area contributed by atoms with Gasteiger partial charge in [-0.3, -0.25) is 4.79 Å². The minimum atomic E-state index is -4.49. The average molecular weight is 439 g/mol. The van der Waals surface area contributed by atoms with E-state index < -0.39 is 17.6 Å². The van der Waals surface area contributed by atoms with E-state index in [4.69, 9.17) is 13.9 Å². The molecule has 0 fully saturated rings. The van der Waals surface area contributed by atoms with Crippen molar-refractivity contribution in [1.29, 1.82) is 0 Å². The monoisotopic (exact) mass is 439 g/mol. The Bertz CT molecular complexity index is 1020. The molecule has 0 saturated carbocycles. The summed E-state index contributed by atoms with van der Waals surface area (Å²) in [6.45, 7) is 0. The Kier molecular flexibility index (Phi) is 6.50. The highest BCUT2D eigenvalue weighted by Crippen LogP contribution is 2.32. The van der Waals surface area contributed by atoms with Crippen LogP contribution >= 0.6 is 11.8 Å². The van der Waals surface area contributed by atoms with E-state index in [1.165, 1.54) is 26.4 Å². The molecule has 0 radical (unpaired) electrons. The van der Waals surface area contributed by atoms with Crippen LogP contribution < -0.4 is 14.8 Å². The quantitative estimate of drug-likeness (QED) is 0.542. The van der Waals surface area contributed by atoms with Crippen molar-refractivity contribution in [2.75, 3.05) is 25.3 Å². The summed E-state index contributed by atoms with van der Waals surface area (Å²) in [6, 6.07) is 9.45. The van der Waals surface area contributed by atoms with Crippen molar-refractivity contribution in [1.82, 2.24) is 10.2 Å². The lowest BCUT2D eigenvalue weighted by molar-refractivity contribution is -0.137. The number of anilines is 1. The number of benzene rings is 2. The van der Waals surface area contributed by atoms with Gasteiger partial charge in [-0.2, -0.15) is 13.2 Å². The Morgan fingerprint density at radius 3 is 2.43 bits per heavy atom. The third-order valence-electron chi connectivity index (χ3n) is 3.81. The van der Waals surface area contributed by atoms with Crippen LogP contribution in [0.15, 0.2) is 52.1 Å². The minimum Gasteiger partial charge on any atom is -0.497 e. The first-order valence-electron chi connectivity index (χ1n) is 8.45. The van der Waals surface area contributed by atoms with Crippen molar-refractivity contribution < 1.29 is 31.9 Å². The Morgan fingerprint density at radius 1 is 1.10 bits per heavy atom. The minimum absolute atomic E-state index is 0.0464. The molecule has 2 aromatic carbocycles. The van der Waals surface area contributed by atoms with E-state index >= 15 is 0 Å². The fraction of sp³-hybridized carbons (Fsp3) is 0.211. The number of nitrogens with zero attached hydrogens (tertiary/aromatic N) is 2. The number of hydrogen-bond acceptors (Lipinski definition) is 7. The Hall–Kier alpha value is -3.21. The predicted molar refractivity (Wildman–Crippen MR) is 104 cm³/mol. The first kappa shape index (κ1) is 21.5. The van der Waals surface area contributed by atoms with Crippen LogP contribution in [0.25, 0.3) is 11.5 Å². The van der Waals surface area contributed by atoms with Gasteiger partial charge in [-0.15, -0.1) is 10.2 Å². The Balaban J connectivity index is 1.63. The van der Waals surface area contributed by atoms with Crippen LogP contribution in [0.1, 0.15) is 5.56 Å². The summed E-state index contributed by atoms with van der Waals surface area (Å²) in [7, 11) is 3.02. The highest BCUT2D eigenvalue weighted by atomic mass is 32.2. The number of carbonyl (C=O) groups is 1. The van der Waals surface area contributed by atoms with Crippen LogP contribution in [0.3, 0.4) is 0 Å². The van der Waals surface area contributed by atoms with Gasteiger partial charge in [0.1, 0.15) is 11.5 Å². The van der Waals surface area contributed by atoms with E-state index in [0.717, 1.165) is 23.9 Å². The van der Waals surface area contributed by atoms with Gasteiger partial charge in [0.25, 0.3) is 5.22 Å². The highest BCUT2D eigenvalue weighted by Gasteiger charge is 2.30. The number of rotatable bonds is 7. The summed E-state index contributed by atoms with van der Waals surface area (Å²) < 4.78 is 54.2. The van der Waals surface area contributed by atoms with E-state index in [9.17, 15) is 18.0 Å². The summed E-state index contributed by atoms with van der Waals surface area (Å²) in [5, 5.41) is 10.3. The van der Waals surface area contributed by atoms with Crippen LogP contribution in [0, 0.1) is 0 Å². The van der Waals surface area contributed by atoms with E-state index in [2.05, 4.69) is 15.5 Å². The number of ether oxygens (including phenoxy) is 2. The van der Waals surface area contributed by atoms with Crippen molar-refractivity contribution in [2.24, 2.45) is 0 Å². The molecule has 0 spiro atoms. The molecule has 0 atom stereocenters. The van der Waals surface area contributed by atoms with Gasteiger partial charge in [0.05, 0.1) is 25.5 Å². The number of alkyl halides is 3. The largest absolute Gasteiger partial charge is 0.497 e. The fourth-order valence-electron chi connectivity index (χ4n) is 2.41. The van der Waals surface area contributed by atoms with Crippen LogP contribution in [0.2, 0.25) is 0 Å². The lowest BCUT2D eigenvalue weighted by Crippen LogP contribution is -2.15. The molecule has 0 aliphatic heterocycles. The molecule has 1 heterocycles. The highest BCUT2D eigenvalue weighted by molar-refractivity contribution is 7.99. The normalized spacial score (nSPS) is 11.2. The van der Waals surface area contributed by atoms with Crippen molar-refractivity contribution in [3.63, 3.8) is 0 Å². The maximum Gasteiger partial charge on any atom is 0.416 e. The molecule has 0 bridgehead atoms. The molecule has 3 rings (SSSR count). The Morgan fingerprint density at radius 2 is 1.80 bits per heavy atom. The van der Waals surface area contributed by atoms with Gasteiger partial charge in [-0.25, -0.2) is 0 Å². The molecular formula is C19H16F3N3O4S. The van der Waals surface area contributed by atoms with E-state index in [0.29, 0.717) is 17.1 Å². The summed E-state index contributed by atoms with van der Waals surface area (Å²) >= 11 is 0.956. The van der Waals surface area contributed by atoms with Gasteiger partial charge in [-0.1, -0.05) is 17.8 Å². The molecule has 1 N–H and O–H groups in total. The zero-order chi connectivity index (χ0) is 21.7. The summed E-state index contributed by atoms with van der Waals surface area (Å²) in [5.74, 6) is 0.642. The zero-order valence-electron chi connectivity index (χ0n) is 15.8. The van der Waals surface area contributed by atoms with Crippen LogP contribution in [-0.2, 0) is 11.0 Å². The summed E-state index contributed by atoms with van der Waals surface area (Å²) in [5.41, 5.74) is -0.229.